The molecule has 0 aliphatic carbocycles. The molecule has 0 saturated carbocycles. The Balaban J connectivity index is 2.29. The van der Waals surface area contributed by atoms with Crippen molar-refractivity contribution in [3.63, 3.8) is 0 Å². The Morgan fingerprint density at radius 2 is 1.83 bits per heavy atom. The number of hydrogen-bond donors (Lipinski definition) is 0. The van der Waals surface area contributed by atoms with Crippen LogP contribution < -0.4 is 5.56 Å². The molecule has 0 N–H and O–H groups in total. The van der Waals surface area contributed by atoms with Gasteiger partial charge in [-0.15, -0.1) is 0 Å². The zero-order valence-electron chi connectivity index (χ0n) is 10.2. The summed E-state index contributed by atoms with van der Waals surface area (Å²) in [5.41, 5.74) is 3.14. The average molecular weight is 238 g/mol. The van der Waals surface area contributed by atoms with Crippen molar-refractivity contribution < 1.29 is 0 Å². The molecule has 0 bridgehead atoms. The van der Waals surface area contributed by atoms with E-state index in [0.717, 1.165) is 23.3 Å². The Labute approximate surface area is 105 Å². The molecule has 2 heterocycles. The number of fused-ring (bicyclic) bond motifs is 1. The molecule has 0 aliphatic rings. The van der Waals surface area contributed by atoms with E-state index in [0.29, 0.717) is 0 Å². The lowest BCUT2D eigenvalue weighted by molar-refractivity contribution is 0.759. The summed E-state index contributed by atoms with van der Waals surface area (Å²) in [5, 5.41) is 0. The SMILES string of the molecule is CCn1ccc(=O)n2cc(-c3ccccc3)cc12. The van der Waals surface area contributed by atoms with Crippen molar-refractivity contribution >= 4 is 5.65 Å². The Bertz CT molecular complexity index is 738. The summed E-state index contributed by atoms with van der Waals surface area (Å²) in [7, 11) is 0. The van der Waals surface area contributed by atoms with Gasteiger partial charge in [0.2, 0.25) is 0 Å². The van der Waals surface area contributed by atoms with Gasteiger partial charge in [0.15, 0.2) is 0 Å². The van der Waals surface area contributed by atoms with E-state index in [-0.39, 0.29) is 5.56 Å². The number of rotatable bonds is 2. The highest BCUT2D eigenvalue weighted by molar-refractivity contribution is 5.68. The lowest BCUT2D eigenvalue weighted by Crippen LogP contribution is -2.14. The first kappa shape index (κ1) is 10.8. The second kappa shape index (κ2) is 4.18. The molecule has 0 fully saturated rings. The van der Waals surface area contributed by atoms with Gasteiger partial charge in [0.25, 0.3) is 5.56 Å². The quantitative estimate of drug-likeness (QED) is 0.674. The first-order valence-corrected chi connectivity index (χ1v) is 6.06. The highest BCUT2D eigenvalue weighted by Gasteiger charge is 2.06. The van der Waals surface area contributed by atoms with Crippen LogP contribution in [0.4, 0.5) is 0 Å². The zero-order chi connectivity index (χ0) is 12.5. The molecular formula is C15H14N2O. The summed E-state index contributed by atoms with van der Waals surface area (Å²) < 4.78 is 3.76. The Morgan fingerprint density at radius 3 is 2.56 bits per heavy atom. The van der Waals surface area contributed by atoms with Crippen LogP contribution in [0.3, 0.4) is 0 Å². The molecule has 0 radical (unpaired) electrons. The fourth-order valence-corrected chi connectivity index (χ4v) is 2.22. The first-order valence-electron chi connectivity index (χ1n) is 6.06. The predicted molar refractivity (Wildman–Crippen MR) is 72.8 cm³/mol. The standard InChI is InChI=1S/C15H14N2O/c1-2-16-9-8-15(18)17-11-13(10-14(16)17)12-6-4-3-5-7-12/h3-11H,2H2,1H3. The number of hydrogen-bond acceptors (Lipinski definition) is 1. The third kappa shape index (κ3) is 1.64. The number of benzene rings is 1. The average Bonchev–Trinajstić information content (AvgIpc) is 2.86. The van der Waals surface area contributed by atoms with Crippen LogP contribution in [0, 0.1) is 0 Å². The van der Waals surface area contributed by atoms with Crippen molar-refractivity contribution in [1.82, 2.24) is 8.97 Å². The van der Waals surface area contributed by atoms with Crippen molar-refractivity contribution in [3.05, 3.63) is 65.2 Å². The monoisotopic (exact) mass is 238 g/mol. The largest absolute Gasteiger partial charge is 0.334 e. The molecule has 2 aromatic heterocycles. The van der Waals surface area contributed by atoms with Crippen LogP contribution in [0.25, 0.3) is 16.8 Å². The van der Waals surface area contributed by atoms with Gasteiger partial charge in [-0.3, -0.25) is 9.20 Å². The van der Waals surface area contributed by atoms with Crippen LogP contribution in [0.1, 0.15) is 6.92 Å². The van der Waals surface area contributed by atoms with Gasteiger partial charge < -0.3 is 4.57 Å². The van der Waals surface area contributed by atoms with Gasteiger partial charge in [-0.05, 0) is 18.6 Å². The Hall–Kier alpha value is -2.29. The molecule has 0 atom stereocenters. The summed E-state index contributed by atoms with van der Waals surface area (Å²) in [4.78, 5) is 11.8. The molecule has 3 nitrogen and oxygen atoms in total. The fraction of sp³-hybridized carbons (Fsp3) is 0.133. The summed E-state index contributed by atoms with van der Waals surface area (Å²) in [6.45, 7) is 2.92. The van der Waals surface area contributed by atoms with Gasteiger partial charge in [0.1, 0.15) is 5.65 Å². The van der Waals surface area contributed by atoms with Crippen LogP contribution in [0.15, 0.2) is 59.7 Å². The number of aromatic nitrogens is 2. The van der Waals surface area contributed by atoms with E-state index in [4.69, 9.17) is 0 Å². The van der Waals surface area contributed by atoms with E-state index in [1.807, 2.05) is 30.6 Å². The summed E-state index contributed by atoms with van der Waals surface area (Å²) in [5.74, 6) is 0. The minimum absolute atomic E-state index is 0.0110. The maximum atomic E-state index is 11.8. The van der Waals surface area contributed by atoms with Crippen molar-refractivity contribution in [3.8, 4) is 11.1 Å². The molecule has 3 rings (SSSR count). The zero-order valence-corrected chi connectivity index (χ0v) is 10.2. The predicted octanol–water partition coefficient (Wildman–Crippen LogP) is 2.79. The molecule has 3 heteroatoms. The molecule has 0 aliphatic heterocycles. The highest BCUT2D eigenvalue weighted by Crippen LogP contribution is 2.21. The molecular weight excluding hydrogens is 224 g/mol. The van der Waals surface area contributed by atoms with E-state index >= 15 is 0 Å². The third-order valence-electron chi connectivity index (χ3n) is 3.18. The molecule has 18 heavy (non-hydrogen) atoms. The molecule has 0 amide bonds. The van der Waals surface area contributed by atoms with Crippen molar-refractivity contribution in [1.29, 1.82) is 0 Å². The molecule has 90 valence electrons. The maximum absolute atomic E-state index is 11.8. The molecule has 0 spiro atoms. The van der Waals surface area contributed by atoms with Crippen LogP contribution >= 0.6 is 0 Å². The van der Waals surface area contributed by atoms with Gasteiger partial charge in [-0.2, -0.15) is 0 Å². The Kier molecular flexibility index (Phi) is 2.52. The van der Waals surface area contributed by atoms with Crippen LogP contribution in [-0.4, -0.2) is 8.97 Å². The van der Waals surface area contributed by atoms with Gasteiger partial charge in [0.05, 0.1) is 0 Å². The number of nitrogens with zero attached hydrogens (tertiary/aromatic N) is 2. The summed E-state index contributed by atoms with van der Waals surface area (Å²) in [6, 6.07) is 13.8. The Morgan fingerprint density at radius 1 is 1.06 bits per heavy atom. The van der Waals surface area contributed by atoms with Crippen LogP contribution in [-0.2, 0) is 6.54 Å². The summed E-state index contributed by atoms with van der Waals surface area (Å²) in [6.07, 6.45) is 3.74. The van der Waals surface area contributed by atoms with Gasteiger partial charge in [-0.25, -0.2) is 0 Å². The molecule has 3 aromatic rings. The van der Waals surface area contributed by atoms with Crippen LogP contribution in [0.2, 0.25) is 0 Å². The minimum atomic E-state index is 0.0110. The van der Waals surface area contributed by atoms with Crippen molar-refractivity contribution in [2.24, 2.45) is 0 Å². The molecule has 1 aromatic carbocycles. The fourth-order valence-electron chi connectivity index (χ4n) is 2.22. The normalized spacial score (nSPS) is 10.9. The van der Waals surface area contributed by atoms with Crippen molar-refractivity contribution in [2.75, 3.05) is 0 Å². The highest BCUT2D eigenvalue weighted by atomic mass is 16.1. The third-order valence-corrected chi connectivity index (χ3v) is 3.18. The summed E-state index contributed by atoms with van der Waals surface area (Å²) >= 11 is 0. The van der Waals surface area contributed by atoms with Gasteiger partial charge in [0, 0.05) is 30.6 Å². The topological polar surface area (TPSA) is 26.4 Å². The smallest absolute Gasteiger partial charge is 0.257 e. The molecule has 0 unspecified atom stereocenters. The number of aryl methyl sites for hydroxylation is 1. The maximum Gasteiger partial charge on any atom is 0.257 e. The van der Waals surface area contributed by atoms with Gasteiger partial charge in [-0.1, -0.05) is 30.3 Å². The van der Waals surface area contributed by atoms with Gasteiger partial charge >= 0.3 is 0 Å². The van der Waals surface area contributed by atoms with E-state index in [9.17, 15) is 4.79 Å². The second-order valence-electron chi connectivity index (χ2n) is 4.26. The van der Waals surface area contributed by atoms with Crippen molar-refractivity contribution in [2.45, 2.75) is 13.5 Å². The van der Waals surface area contributed by atoms with E-state index in [1.165, 1.54) is 0 Å². The van der Waals surface area contributed by atoms with E-state index < -0.39 is 0 Å². The van der Waals surface area contributed by atoms with E-state index in [1.54, 1.807) is 10.5 Å². The van der Waals surface area contributed by atoms with Crippen LogP contribution in [0.5, 0.6) is 0 Å². The lowest BCUT2D eigenvalue weighted by Gasteiger charge is -2.04. The second-order valence-corrected chi connectivity index (χ2v) is 4.26. The molecule has 0 saturated heterocycles. The first-order chi connectivity index (χ1) is 8.79. The minimum Gasteiger partial charge on any atom is -0.334 e. The van der Waals surface area contributed by atoms with E-state index in [2.05, 4.69) is 29.7 Å². The lowest BCUT2D eigenvalue weighted by atomic mass is 10.1.